The molecule has 0 heterocycles. The van der Waals surface area contributed by atoms with Gasteiger partial charge < -0.3 is 9.80 Å². The summed E-state index contributed by atoms with van der Waals surface area (Å²) >= 11 is 0. The van der Waals surface area contributed by atoms with E-state index >= 15 is 0 Å². The zero-order chi connectivity index (χ0) is 46.4. The van der Waals surface area contributed by atoms with Crippen LogP contribution in [-0.2, 0) is 0 Å². The first-order valence-corrected chi connectivity index (χ1v) is 24.2. The fourth-order valence-electron chi connectivity index (χ4n) is 9.74. The lowest BCUT2D eigenvalue weighted by Gasteiger charge is -2.32. The number of rotatable bonds is 15. The lowest BCUT2D eigenvalue weighted by molar-refractivity contribution is 0.220. The van der Waals surface area contributed by atoms with Crippen molar-refractivity contribution < 1.29 is 0 Å². The van der Waals surface area contributed by atoms with Gasteiger partial charge in [0.25, 0.3) is 0 Å². The maximum atomic E-state index is 2.47. The predicted octanol–water partition coefficient (Wildman–Crippen LogP) is 19.6. The second kappa shape index (κ2) is 20.3. The van der Waals surface area contributed by atoms with Crippen molar-refractivity contribution in [1.29, 1.82) is 0 Å². The largest absolute Gasteiger partial charge is 0.310 e. The van der Waals surface area contributed by atoms with Gasteiger partial charge in [0, 0.05) is 28.1 Å². The number of fused-ring (bicyclic) bond motifs is 2. The summed E-state index contributed by atoms with van der Waals surface area (Å²) in [6.45, 7) is 20.8. The Morgan fingerprint density at radius 3 is 1.68 bits per heavy atom. The minimum atomic E-state index is 0.250. The molecule has 0 N–H and O–H groups in total. The zero-order valence-electron chi connectivity index (χ0n) is 40.8. The van der Waals surface area contributed by atoms with E-state index in [1.165, 1.54) is 85.1 Å². The van der Waals surface area contributed by atoms with Gasteiger partial charge in [0.05, 0.1) is 11.4 Å². The molecule has 7 aromatic carbocycles. The van der Waals surface area contributed by atoms with Gasteiger partial charge in [-0.05, 0) is 168 Å². The Labute approximate surface area is 396 Å². The Morgan fingerprint density at radius 2 is 1.11 bits per heavy atom. The number of hydrogen-bond donors (Lipinski definition) is 0. The van der Waals surface area contributed by atoms with Gasteiger partial charge >= 0.3 is 0 Å². The molecule has 66 heavy (non-hydrogen) atoms. The lowest BCUT2D eigenvalue weighted by Crippen LogP contribution is -2.20. The molecular weight excluding hydrogens is 797 g/mol. The van der Waals surface area contributed by atoms with Crippen LogP contribution in [0.15, 0.2) is 188 Å². The smallest absolute Gasteiger partial charge is 0.0540 e. The fourth-order valence-corrected chi connectivity index (χ4v) is 9.74. The van der Waals surface area contributed by atoms with E-state index < -0.39 is 0 Å². The Balaban J connectivity index is 1.13. The normalized spacial score (nSPS) is 14.5. The predicted molar refractivity (Wildman–Crippen MR) is 290 cm³/mol. The number of nitrogens with zero attached hydrogens (tertiary/aromatic N) is 2. The molecule has 0 aliphatic heterocycles. The molecule has 1 aliphatic rings. The molecule has 8 rings (SSSR count). The molecule has 2 nitrogen and oxygen atoms in total. The molecule has 0 amide bonds. The van der Waals surface area contributed by atoms with Crippen LogP contribution in [0.5, 0.6) is 0 Å². The maximum absolute atomic E-state index is 2.47. The van der Waals surface area contributed by atoms with Crippen molar-refractivity contribution in [2.75, 3.05) is 9.80 Å². The molecule has 334 valence electrons. The molecule has 7 aromatic rings. The molecule has 2 unspecified atom stereocenters. The summed E-state index contributed by atoms with van der Waals surface area (Å²) in [5.74, 6) is 1.06. The lowest BCUT2D eigenvalue weighted by atomic mass is 9.74. The van der Waals surface area contributed by atoms with Crippen molar-refractivity contribution in [3.8, 4) is 11.1 Å². The number of para-hydroxylation sites is 2. The first-order chi connectivity index (χ1) is 31.9. The second-order valence-electron chi connectivity index (χ2n) is 19.5. The topological polar surface area (TPSA) is 6.48 Å². The fraction of sp³-hybridized carbons (Fsp3) is 0.250. The third-order valence-electron chi connectivity index (χ3n) is 14.0. The molecule has 2 heteroatoms. The average Bonchev–Trinajstić information content (AvgIpc) is 3.34. The summed E-state index contributed by atoms with van der Waals surface area (Å²) in [5.41, 5.74) is 18.8. The highest BCUT2D eigenvalue weighted by molar-refractivity contribution is 6.04. The highest BCUT2D eigenvalue weighted by atomic mass is 15.1. The van der Waals surface area contributed by atoms with E-state index in [2.05, 4.69) is 260 Å². The third-order valence-corrected chi connectivity index (χ3v) is 14.0. The van der Waals surface area contributed by atoms with Gasteiger partial charge in [-0.3, -0.25) is 0 Å². The number of hydrogen-bond acceptors (Lipinski definition) is 2. The molecule has 0 saturated heterocycles. The minimum Gasteiger partial charge on any atom is -0.310 e. The van der Waals surface area contributed by atoms with Crippen molar-refractivity contribution in [2.45, 2.75) is 93.9 Å². The first-order valence-electron chi connectivity index (χ1n) is 24.2. The summed E-state index contributed by atoms with van der Waals surface area (Å²) in [4.78, 5) is 4.85. The van der Waals surface area contributed by atoms with Crippen LogP contribution in [0.3, 0.4) is 0 Å². The number of allylic oxidation sites excluding steroid dienone is 7. The monoisotopic (exact) mass is 865 g/mol. The van der Waals surface area contributed by atoms with Crippen LogP contribution >= 0.6 is 0 Å². The molecular formula is C64H68N2. The maximum Gasteiger partial charge on any atom is 0.0540 e. The van der Waals surface area contributed by atoms with Crippen LogP contribution in [0.1, 0.15) is 116 Å². The first kappa shape index (κ1) is 45.9. The van der Waals surface area contributed by atoms with Crippen LogP contribution in [0.25, 0.3) is 39.1 Å². The van der Waals surface area contributed by atoms with Gasteiger partial charge in [-0.25, -0.2) is 0 Å². The highest BCUT2D eigenvalue weighted by Crippen LogP contribution is 2.47. The van der Waals surface area contributed by atoms with Gasteiger partial charge in [-0.2, -0.15) is 0 Å². The summed E-state index contributed by atoms with van der Waals surface area (Å²) in [5, 5.41) is 2.52. The SMILES string of the molecule is CCCC(C)C(C)(C)C/C=C(\C)c1ccc(N(c2ccccc2)c2ccc(-c3ccc(N(c4ccccc4)c4ccc(/C(C)=C/C=C(C)C)c5c4C(C)CC=C5)cc3)cc2)c2ccccc12. The Kier molecular flexibility index (Phi) is 14.1. The summed E-state index contributed by atoms with van der Waals surface area (Å²) in [6, 6.07) is 58.1. The van der Waals surface area contributed by atoms with Crippen LogP contribution in [-0.4, -0.2) is 0 Å². The molecule has 0 saturated carbocycles. The Hall–Kier alpha value is -6.64. The highest BCUT2D eigenvalue weighted by Gasteiger charge is 2.26. The van der Waals surface area contributed by atoms with Crippen LogP contribution in [0.4, 0.5) is 34.1 Å². The van der Waals surface area contributed by atoms with E-state index in [4.69, 9.17) is 0 Å². The van der Waals surface area contributed by atoms with E-state index in [9.17, 15) is 0 Å². The summed E-state index contributed by atoms with van der Waals surface area (Å²) in [7, 11) is 0. The quantitative estimate of drug-likeness (QED) is 0.0948. The van der Waals surface area contributed by atoms with E-state index in [0.29, 0.717) is 11.8 Å². The van der Waals surface area contributed by atoms with E-state index in [0.717, 1.165) is 35.6 Å². The van der Waals surface area contributed by atoms with Gasteiger partial charge in [0.2, 0.25) is 0 Å². The van der Waals surface area contributed by atoms with Crippen LogP contribution in [0, 0.1) is 11.3 Å². The zero-order valence-corrected chi connectivity index (χ0v) is 40.8. The van der Waals surface area contributed by atoms with E-state index in [-0.39, 0.29) is 5.41 Å². The van der Waals surface area contributed by atoms with Crippen molar-refractivity contribution >= 4 is 62.1 Å². The Morgan fingerprint density at radius 1 is 0.591 bits per heavy atom. The van der Waals surface area contributed by atoms with Gasteiger partial charge in [0.1, 0.15) is 0 Å². The third kappa shape index (κ3) is 9.80. The summed E-state index contributed by atoms with van der Waals surface area (Å²) in [6.07, 6.45) is 16.2. The number of benzene rings is 7. The molecule has 2 atom stereocenters. The van der Waals surface area contributed by atoms with Crippen LogP contribution < -0.4 is 9.80 Å². The number of anilines is 6. The van der Waals surface area contributed by atoms with Crippen molar-refractivity contribution in [1.82, 2.24) is 0 Å². The summed E-state index contributed by atoms with van der Waals surface area (Å²) < 4.78 is 0. The standard InChI is InChI=1S/C64H68N2/c1-10-20-49(7)64(8,9)44-43-47(5)56-39-41-61(59-27-18-17-26-58(56)59)65(52-22-13-11-14-23-52)54-35-31-50(32-36-54)51-33-37-55(38-34-51)66(53-24-15-12-16-25-53)62-42-40-57(46(4)30-29-45(2)3)60-28-19-21-48(6)63(60)62/h11-19,22-43,48-49H,10,20-21,44H2,1-9H3/b46-30+,47-43+. The molecule has 0 fully saturated rings. The van der Waals surface area contributed by atoms with Gasteiger partial charge in [0.15, 0.2) is 0 Å². The molecule has 0 radical (unpaired) electrons. The molecule has 0 aromatic heterocycles. The van der Waals surface area contributed by atoms with Crippen LogP contribution in [0.2, 0.25) is 0 Å². The van der Waals surface area contributed by atoms with E-state index in [1.54, 1.807) is 0 Å². The van der Waals surface area contributed by atoms with E-state index in [1.807, 2.05) is 0 Å². The van der Waals surface area contributed by atoms with Gasteiger partial charge in [-0.1, -0.05) is 180 Å². The molecule has 1 aliphatic carbocycles. The Bertz CT molecular complexity index is 2890. The van der Waals surface area contributed by atoms with Crippen molar-refractivity contribution in [3.05, 3.63) is 210 Å². The van der Waals surface area contributed by atoms with Crippen molar-refractivity contribution in [2.24, 2.45) is 11.3 Å². The minimum absolute atomic E-state index is 0.250. The van der Waals surface area contributed by atoms with Crippen molar-refractivity contribution in [3.63, 3.8) is 0 Å². The average molecular weight is 865 g/mol. The van der Waals surface area contributed by atoms with Gasteiger partial charge in [-0.15, -0.1) is 0 Å². The second-order valence-corrected chi connectivity index (χ2v) is 19.5. The molecule has 0 bridgehead atoms. The molecule has 0 spiro atoms.